The van der Waals surface area contributed by atoms with E-state index in [0.29, 0.717) is 12.2 Å². The van der Waals surface area contributed by atoms with E-state index in [1.807, 2.05) is 13.8 Å². The summed E-state index contributed by atoms with van der Waals surface area (Å²) in [6, 6.07) is 0. The summed E-state index contributed by atoms with van der Waals surface area (Å²) < 4.78 is 0. The molecule has 0 saturated heterocycles. The van der Waals surface area contributed by atoms with Crippen LogP contribution >= 0.6 is 0 Å². The van der Waals surface area contributed by atoms with Gasteiger partial charge in [0.2, 0.25) is 0 Å². The predicted octanol–water partition coefficient (Wildman–Crippen LogP) is 1.29. The lowest BCUT2D eigenvalue weighted by Gasteiger charge is -1.74. The Morgan fingerprint density at radius 3 is 1.33 bits per heavy atom. The van der Waals surface area contributed by atoms with Crippen LogP contribution < -0.4 is 0 Å². The Morgan fingerprint density at radius 2 is 1.25 bits per heavy atom. The van der Waals surface area contributed by atoms with Gasteiger partial charge < -0.3 is 10.2 Å². The van der Waals surface area contributed by atoms with Gasteiger partial charge >= 0.3 is 11.9 Å². The van der Waals surface area contributed by atoms with Crippen LogP contribution in [0.1, 0.15) is 13.8 Å². The van der Waals surface area contributed by atoms with Gasteiger partial charge in [0, 0.05) is 12.2 Å². The van der Waals surface area contributed by atoms with Crippen LogP contribution in [0.25, 0.3) is 0 Å². The van der Waals surface area contributed by atoms with E-state index < -0.39 is 11.9 Å². The normalized spacial score (nSPS) is 8.50. The Labute approximate surface area is 70.8 Å². The minimum Gasteiger partial charge on any atom is -0.478 e. The van der Waals surface area contributed by atoms with Gasteiger partial charge in [0.25, 0.3) is 0 Å². The van der Waals surface area contributed by atoms with Crippen LogP contribution in [0, 0.1) is 0 Å². The number of carboxylic acid groups (broad SMARTS) is 2. The Hall–Kier alpha value is -1.58. The van der Waals surface area contributed by atoms with Crippen LogP contribution in [0.15, 0.2) is 24.3 Å². The van der Waals surface area contributed by atoms with Crippen molar-refractivity contribution in [2.45, 2.75) is 13.8 Å². The summed E-state index contributed by atoms with van der Waals surface area (Å²) in [6.45, 7) is 7.50. The summed E-state index contributed by atoms with van der Waals surface area (Å²) in [5.74, 6) is -2.51. The van der Waals surface area contributed by atoms with E-state index in [4.69, 9.17) is 10.2 Å². The standard InChI is InChI=1S/C4H4O4.C4H8/c5-3(6)1-2-4(7)8;1-4(2)3/h1-2H,(H,5,6)(H,7,8);1H2,2-3H3. The molecule has 68 valence electrons. The average molecular weight is 172 g/mol. The molecule has 0 unspecified atom stereocenters. The number of hydrogen-bond donors (Lipinski definition) is 2. The zero-order valence-electron chi connectivity index (χ0n) is 7.07. The van der Waals surface area contributed by atoms with Gasteiger partial charge in [-0.3, -0.25) is 0 Å². The van der Waals surface area contributed by atoms with Crippen LogP contribution in [-0.4, -0.2) is 22.2 Å². The number of carboxylic acids is 2. The topological polar surface area (TPSA) is 74.6 Å². The quantitative estimate of drug-likeness (QED) is 0.486. The number of rotatable bonds is 2. The van der Waals surface area contributed by atoms with Gasteiger partial charge in [0.1, 0.15) is 0 Å². The number of allylic oxidation sites excluding steroid dienone is 1. The molecule has 0 aliphatic heterocycles. The van der Waals surface area contributed by atoms with Crippen molar-refractivity contribution in [1.82, 2.24) is 0 Å². The second-order valence-electron chi connectivity index (χ2n) is 2.22. The van der Waals surface area contributed by atoms with E-state index in [0.717, 1.165) is 0 Å². The molecular weight excluding hydrogens is 160 g/mol. The Bertz CT molecular complexity index is 183. The van der Waals surface area contributed by atoms with Crippen LogP contribution in [0.5, 0.6) is 0 Å². The molecular formula is C8H12O4. The minimum absolute atomic E-state index is 0.558. The highest BCUT2D eigenvalue weighted by molar-refractivity contribution is 5.89. The summed E-state index contributed by atoms with van der Waals surface area (Å²) in [5, 5.41) is 15.6. The molecule has 0 aliphatic carbocycles. The van der Waals surface area contributed by atoms with E-state index in [2.05, 4.69) is 6.58 Å². The van der Waals surface area contributed by atoms with E-state index in [1.165, 1.54) is 5.57 Å². The van der Waals surface area contributed by atoms with Crippen LogP contribution in [-0.2, 0) is 9.59 Å². The molecule has 0 amide bonds. The molecule has 4 nitrogen and oxygen atoms in total. The molecule has 2 N–H and O–H groups in total. The zero-order chi connectivity index (χ0) is 10.1. The van der Waals surface area contributed by atoms with E-state index >= 15 is 0 Å². The first kappa shape index (κ1) is 13.0. The van der Waals surface area contributed by atoms with Gasteiger partial charge in [0.15, 0.2) is 0 Å². The minimum atomic E-state index is -1.26. The van der Waals surface area contributed by atoms with Gasteiger partial charge in [-0.2, -0.15) is 0 Å². The Balaban J connectivity index is 0. The lowest BCUT2D eigenvalue weighted by molar-refractivity contribution is -0.134. The highest BCUT2D eigenvalue weighted by Gasteiger charge is 1.88. The molecule has 0 spiro atoms. The first-order valence-corrected chi connectivity index (χ1v) is 3.12. The predicted molar refractivity (Wildman–Crippen MR) is 44.9 cm³/mol. The first-order valence-electron chi connectivity index (χ1n) is 3.12. The van der Waals surface area contributed by atoms with E-state index in [9.17, 15) is 9.59 Å². The van der Waals surface area contributed by atoms with E-state index in [-0.39, 0.29) is 0 Å². The maximum atomic E-state index is 9.55. The molecule has 0 heterocycles. The van der Waals surface area contributed by atoms with Crippen LogP contribution in [0.3, 0.4) is 0 Å². The lowest BCUT2D eigenvalue weighted by Crippen LogP contribution is -1.91. The maximum absolute atomic E-state index is 9.55. The second kappa shape index (κ2) is 7.53. The molecule has 0 saturated carbocycles. The number of carbonyl (C=O) groups is 2. The summed E-state index contributed by atoms with van der Waals surface area (Å²) in [6.07, 6.45) is 1.12. The highest BCUT2D eigenvalue weighted by Crippen LogP contribution is 1.73. The molecule has 0 radical (unpaired) electrons. The fourth-order valence-corrected chi connectivity index (χ4v) is 0.143. The van der Waals surface area contributed by atoms with Crippen molar-refractivity contribution in [3.63, 3.8) is 0 Å². The highest BCUT2D eigenvalue weighted by atomic mass is 16.4. The monoisotopic (exact) mass is 172 g/mol. The van der Waals surface area contributed by atoms with Crippen LogP contribution in [0.4, 0.5) is 0 Å². The summed E-state index contributed by atoms with van der Waals surface area (Å²) in [4.78, 5) is 19.1. The molecule has 0 aromatic rings. The van der Waals surface area contributed by atoms with Crippen molar-refractivity contribution in [1.29, 1.82) is 0 Å². The Morgan fingerprint density at radius 1 is 1.08 bits per heavy atom. The molecule has 0 aliphatic rings. The zero-order valence-corrected chi connectivity index (χ0v) is 7.07. The van der Waals surface area contributed by atoms with Gasteiger partial charge in [-0.15, -0.1) is 6.58 Å². The van der Waals surface area contributed by atoms with Crippen molar-refractivity contribution >= 4 is 11.9 Å². The van der Waals surface area contributed by atoms with Crippen LogP contribution in [0.2, 0.25) is 0 Å². The average Bonchev–Trinajstić information content (AvgIpc) is 1.82. The molecule has 0 rings (SSSR count). The smallest absolute Gasteiger partial charge is 0.328 e. The first-order chi connectivity index (χ1) is 5.36. The van der Waals surface area contributed by atoms with Crippen molar-refractivity contribution in [3.05, 3.63) is 24.3 Å². The fraction of sp³-hybridized carbons (Fsp3) is 0.250. The summed E-state index contributed by atoms with van der Waals surface area (Å²) in [7, 11) is 0. The number of hydrogen-bond acceptors (Lipinski definition) is 2. The van der Waals surface area contributed by atoms with Gasteiger partial charge in [0.05, 0.1) is 0 Å². The molecule has 0 bridgehead atoms. The van der Waals surface area contributed by atoms with Crippen molar-refractivity contribution in [2.24, 2.45) is 0 Å². The lowest BCUT2D eigenvalue weighted by atomic mass is 10.4. The molecule has 4 heteroatoms. The van der Waals surface area contributed by atoms with Gasteiger partial charge in [-0.05, 0) is 13.8 Å². The third-order valence-electron chi connectivity index (χ3n) is 0.368. The van der Waals surface area contributed by atoms with Gasteiger partial charge in [-0.25, -0.2) is 9.59 Å². The Kier molecular flexibility index (Phi) is 8.18. The molecule has 0 aromatic heterocycles. The molecule has 0 atom stereocenters. The molecule has 0 aromatic carbocycles. The van der Waals surface area contributed by atoms with E-state index in [1.54, 1.807) is 0 Å². The largest absolute Gasteiger partial charge is 0.478 e. The maximum Gasteiger partial charge on any atom is 0.328 e. The van der Waals surface area contributed by atoms with Crippen molar-refractivity contribution in [3.8, 4) is 0 Å². The summed E-state index contributed by atoms with van der Waals surface area (Å²) in [5.41, 5.74) is 1.17. The van der Waals surface area contributed by atoms with Gasteiger partial charge in [-0.1, -0.05) is 5.57 Å². The molecule has 0 fully saturated rings. The number of aliphatic carboxylic acids is 2. The third kappa shape index (κ3) is 39.6. The molecule has 12 heavy (non-hydrogen) atoms. The van der Waals surface area contributed by atoms with Crippen molar-refractivity contribution in [2.75, 3.05) is 0 Å². The fourth-order valence-electron chi connectivity index (χ4n) is 0.143. The SMILES string of the molecule is C=C(C)C.O=C(O)C=CC(=O)O. The summed E-state index contributed by atoms with van der Waals surface area (Å²) >= 11 is 0. The third-order valence-corrected chi connectivity index (χ3v) is 0.368. The van der Waals surface area contributed by atoms with Crippen molar-refractivity contribution < 1.29 is 19.8 Å². The second-order valence-corrected chi connectivity index (χ2v) is 2.22.